The summed E-state index contributed by atoms with van der Waals surface area (Å²) in [7, 11) is 0. The molecule has 0 aromatic carbocycles. The summed E-state index contributed by atoms with van der Waals surface area (Å²) in [6.45, 7) is 6.74. The molecule has 1 saturated carbocycles. The number of amides is 1. The van der Waals surface area contributed by atoms with Gasteiger partial charge >= 0.3 is 0 Å². The third-order valence-electron chi connectivity index (χ3n) is 2.52. The lowest BCUT2D eigenvalue weighted by Gasteiger charge is -2.17. The van der Waals surface area contributed by atoms with Crippen molar-refractivity contribution >= 4 is 5.91 Å². The summed E-state index contributed by atoms with van der Waals surface area (Å²) in [5.41, 5.74) is 0. The number of hydrogen-bond donors (Lipinski definition) is 2. The van der Waals surface area contributed by atoms with Crippen LogP contribution >= 0.6 is 0 Å². The van der Waals surface area contributed by atoms with Crippen LogP contribution in [0.3, 0.4) is 0 Å². The maximum atomic E-state index is 11.3. The van der Waals surface area contributed by atoms with Crippen molar-refractivity contribution < 1.29 is 4.79 Å². The molecule has 0 radical (unpaired) electrons. The lowest BCUT2D eigenvalue weighted by Crippen LogP contribution is -2.41. The van der Waals surface area contributed by atoms with Crippen LogP contribution in [0.2, 0.25) is 0 Å². The SMILES string of the molecule is CC(C)C(C)NC(=O)CNC1CC1. The smallest absolute Gasteiger partial charge is 0.234 e. The Morgan fingerprint density at radius 3 is 2.46 bits per heavy atom. The monoisotopic (exact) mass is 184 g/mol. The van der Waals surface area contributed by atoms with Crippen molar-refractivity contribution in [2.24, 2.45) is 5.92 Å². The number of rotatable bonds is 5. The van der Waals surface area contributed by atoms with E-state index in [1.165, 1.54) is 12.8 Å². The van der Waals surface area contributed by atoms with Gasteiger partial charge in [-0.3, -0.25) is 4.79 Å². The van der Waals surface area contributed by atoms with Gasteiger partial charge in [-0.05, 0) is 25.7 Å². The molecule has 0 aromatic heterocycles. The second kappa shape index (κ2) is 4.61. The second-order valence-corrected chi connectivity index (χ2v) is 4.26. The summed E-state index contributed by atoms with van der Waals surface area (Å²) in [6, 6.07) is 0.883. The number of carbonyl (C=O) groups excluding carboxylic acids is 1. The van der Waals surface area contributed by atoms with Crippen LogP contribution in [0.5, 0.6) is 0 Å². The normalized spacial score (nSPS) is 18.8. The molecule has 13 heavy (non-hydrogen) atoms. The van der Waals surface area contributed by atoms with E-state index in [0.29, 0.717) is 18.5 Å². The van der Waals surface area contributed by atoms with Gasteiger partial charge in [-0.2, -0.15) is 0 Å². The van der Waals surface area contributed by atoms with Crippen LogP contribution in [0.25, 0.3) is 0 Å². The molecule has 3 nitrogen and oxygen atoms in total. The van der Waals surface area contributed by atoms with Crippen LogP contribution in [-0.2, 0) is 4.79 Å². The van der Waals surface area contributed by atoms with Crippen LogP contribution in [0, 0.1) is 5.92 Å². The molecule has 0 spiro atoms. The minimum Gasteiger partial charge on any atom is -0.352 e. The summed E-state index contributed by atoms with van der Waals surface area (Å²) < 4.78 is 0. The largest absolute Gasteiger partial charge is 0.352 e. The minimum atomic E-state index is 0.119. The standard InChI is InChI=1S/C10H20N2O/c1-7(2)8(3)12-10(13)6-11-9-4-5-9/h7-9,11H,4-6H2,1-3H3,(H,12,13). The van der Waals surface area contributed by atoms with Crippen molar-refractivity contribution in [3.63, 3.8) is 0 Å². The fourth-order valence-corrected chi connectivity index (χ4v) is 0.996. The first kappa shape index (κ1) is 10.5. The first-order valence-corrected chi connectivity index (χ1v) is 5.12. The van der Waals surface area contributed by atoms with Gasteiger partial charge < -0.3 is 10.6 Å². The van der Waals surface area contributed by atoms with Crippen molar-refractivity contribution in [1.29, 1.82) is 0 Å². The van der Waals surface area contributed by atoms with Crippen molar-refractivity contribution in [2.45, 2.75) is 45.7 Å². The van der Waals surface area contributed by atoms with Crippen molar-refractivity contribution in [1.82, 2.24) is 10.6 Å². The van der Waals surface area contributed by atoms with Gasteiger partial charge in [0.15, 0.2) is 0 Å². The molecule has 1 amide bonds. The van der Waals surface area contributed by atoms with Gasteiger partial charge in [-0.15, -0.1) is 0 Å². The van der Waals surface area contributed by atoms with E-state index in [-0.39, 0.29) is 11.9 Å². The molecule has 1 aliphatic carbocycles. The Kier molecular flexibility index (Phi) is 3.72. The second-order valence-electron chi connectivity index (χ2n) is 4.26. The van der Waals surface area contributed by atoms with Gasteiger partial charge in [-0.1, -0.05) is 13.8 Å². The zero-order chi connectivity index (χ0) is 9.84. The third kappa shape index (κ3) is 4.27. The van der Waals surface area contributed by atoms with Gasteiger partial charge in [0.1, 0.15) is 0 Å². The Balaban J connectivity index is 2.08. The lowest BCUT2D eigenvalue weighted by atomic mass is 10.1. The van der Waals surface area contributed by atoms with Gasteiger partial charge in [0.25, 0.3) is 0 Å². The Morgan fingerprint density at radius 1 is 1.38 bits per heavy atom. The molecule has 0 aromatic rings. The Bertz CT molecular complexity index is 176. The van der Waals surface area contributed by atoms with Crippen LogP contribution in [0.15, 0.2) is 0 Å². The molecule has 0 heterocycles. The molecule has 1 aliphatic rings. The van der Waals surface area contributed by atoms with E-state index in [9.17, 15) is 4.79 Å². The van der Waals surface area contributed by atoms with E-state index in [1.54, 1.807) is 0 Å². The zero-order valence-corrected chi connectivity index (χ0v) is 8.76. The third-order valence-corrected chi connectivity index (χ3v) is 2.52. The fourth-order valence-electron chi connectivity index (χ4n) is 0.996. The average Bonchev–Trinajstić information content (AvgIpc) is 2.83. The first-order chi connectivity index (χ1) is 6.09. The van der Waals surface area contributed by atoms with Gasteiger partial charge in [0.2, 0.25) is 5.91 Å². The molecule has 1 rings (SSSR count). The topological polar surface area (TPSA) is 41.1 Å². The number of hydrogen-bond acceptors (Lipinski definition) is 2. The summed E-state index contributed by atoms with van der Waals surface area (Å²) in [5.74, 6) is 0.623. The molecule has 0 bridgehead atoms. The lowest BCUT2D eigenvalue weighted by molar-refractivity contribution is -0.121. The Hall–Kier alpha value is -0.570. The van der Waals surface area contributed by atoms with Crippen LogP contribution in [0.1, 0.15) is 33.6 Å². The van der Waals surface area contributed by atoms with Crippen molar-refractivity contribution in [3.05, 3.63) is 0 Å². The number of carbonyl (C=O) groups is 1. The molecule has 1 fully saturated rings. The van der Waals surface area contributed by atoms with E-state index < -0.39 is 0 Å². The highest BCUT2D eigenvalue weighted by Crippen LogP contribution is 2.17. The molecular weight excluding hydrogens is 164 g/mol. The van der Waals surface area contributed by atoms with Crippen LogP contribution < -0.4 is 10.6 Å². The molecule has 0 aliphatic heterocycles. The van der Waals surface area contributed by atoms with Crippen LogP contribution in [-0.4, -0.2) is 24.5 Å². The fraction of sp³-hybridized carbons (Fsp3) is 0.900. The summed E-state index contributed by atoms with van der Waals surface area (Å²) in [4.78, 5) is 11.3. The zero-order valence-electron chi connectivity index (χ0n) is 8.76. The Labute approximate surface area is 80.3 Å². The van der Waals surface area contributed by atoms with E-state index in [4.69, 9.17) is 0 Å². The number of nitrogens with one attached hydrogen (secondary N) is 2. The van der Waals surface area contributed by atoms with Gasteiger partial charge in [0, 0.05) is 12.1 Å². The van der Waals surface area contributed by atoms with Crippen molar-refractivity contribution in [3.8, 4) is 0 Å². The van der Waals surface area contributed by atoms with Gasteiger partial charge in [0.05, 0.1) is 6.54 Å². The van der Waals surface area contributed by atoms with Crippen molar-refractivity contribution in [2.75, 3.05) is 6.54 Å². The molecule has 76 valence electrons. The average molecular weight is 184 g/mol. The van der Waals surface area contributed by atoms with E-state index in [0.717, 1.165) is 0 Å². The molecule has 1 unspecified atom stereocenters. The van der Waals surface area contributed by atoms with Gasteiger partial charge in [-0.25, -0.2) is 0 Å². The molecule has 2 N–H and O–H groups in total. The highest BCUT2D eigenvalue weighted by Gasteiger charge is 2.21. The van der Waals surface area contributed by atoms with Crippen LogP contribution in [0.4, 0.5) is 0 Å². The quantitative estimate of drug-likeness (QED) is 0.666. The summed E-state index contributed by atoms with van der Waals surface area (Å²) >= 11 is 0. The predicted molar refractivity (Wildman–Crippen MR) is 53.5 cm³/mol. The molecule has 3 heteroatoms. The highest BCUT2D eigenvalue weighted by molar-refractivity contribution is 5.78. The molecule has 0 saturated heterocycles. The van der Waals surface area contributed by atoms with E-state index in [2.05, 4.69) is 24.5 Å². The molecular formula is C10H20N2O. The highest BCUT2D eigenvalue weighted by atomic mass is 16.1. The minimum absolute atomic E-state index is 0.119. The predicted octanol–water partition coefficient (Wildman–Crippen LogP) is 0.899. The first-order valence-electron chi connectivity index (χ1n) is 5.12. The summed E-state index contributed by atoms with van der Waals surface area (Å²) in [5, 5.41) is 6.15. The maximum Gasteiger partial charge on any atom is 0.234 e. The maximum absolute atomic E-state index is 11.3. The Morgan fingerprint density at radius 2 is 2.00 bits per heavy atom. The summed E-state index contributed by atoms with van der Waals surface area (Å²) in [6.07, 6.45) is 2.46. The molecule has 1 atom stereocenters. The van der Waals surface area contributed by atoms with E-state index >= 15 is 0 Å². The van der Waals surface area contributed by atoms with E-state index in [1.807, 2.05) is 6.92 Å².